The highest BCUT2D eigenvalue weighted by Crippen LogP contribution is 2.03. The minimum Gasteiger partial charge on any atom is -0.481 e. The van der Waals surface area contributed by atoms with E-state index in [2.05, 4.69) is 11.3 Å². The van der Waals surface area contributed by atoms with E-state index in [4.69, 9.17) is 5.11 Å². The summed E-state index contributed by atoms with van der Waals surface area (Å²) < 4.78 is 4.69. The number of esters is 1. The molecule has 14 heavy (non-hydrogen) atoms. The van der Waals surface area contributed by atoms with Gasteiger partial charge in [-0.05, 0) is 13.3 Å². The molecule has 0 unspecified atom stereocenters. The Labute approximate surface area is 82.9 Å². The maximum Gasteiger partial charge on any atom is 0.331 e. The lowest BCUT2D eigenvalue weighted by atomic mass is 10.1. The summed E-state index contributed by atoms with van der Waals surface area (Å²) >= 11 is 0. The van der Waals surface area contributed by atoms with E-state index >= 15 is 0 Å². The summed E-state index contributed by atoms with van der Waals surface area (Å²) in [5.41, 5.74) is 0.696. The number of hydrogen-bond donors (Lipinski definition) is 1. The number of carboxylic acid groups (broad SMARTS) is 1. The summed E-state index contributed by atoms with van der Waals surface area (Å²) in [4.78, 5) is 21.2. The lowest BCUT2D eigenvalue weighted by Crippen LogP contribution is -2.02. The van der Waals surface area contributed by atoms with Crippen LogP contribution in [0.2, 0.25) is 0 Å². The molecule has 0 radical (unpaired) electrons. The van der Waals surface area contributed by atoms with E-state index in [1.807, 2.05) is 0 Å². The quantitative estimate of drug-likeness (QED) is 0.399. The van der Waals surface area contributed by atoms with Gasteiger partial charge in [0.05, 0.1) is 0 Å². The van der Waals surface area contributed by atoms with Crippen molar-refractivity contribution in [1.29, 1.82) is 0 Å². The van der Waals surface area contributed by atoms with Crippen molar-refractivity contribution in [1.82, 2.24) is 0 Å². The normalized spacial score (nSPS) is 10.8. The van der Waals surface area contributed by atoms with Gasteiger partial charge in [-0.2, -0.15) is 0 Å². The molecule has 4 nitrogen and oxygen atoms in total. The number of hydrogen-bond acceptors (Lipinski definition) is 3. The van der Waals surface area contributed by atoms with Crippen molar-refractivity contribution in [2.24, 2.45) is 0 Å². The second-order valence-corrected chi connectivity index (χ2v) is 2.80. The summed E-state index contributed by atoms with van der Waals surface area (Å²) in [6.45, 7) is 5.26. The molecule has 0 aromatic heterocycles. The fourth-order valence-electron chi connectivity index (χ4n) is 0.760. The Morgan fingerprint density at radius 2 is 2.07 bits per heavy atom. The molecule has 0 rings (SSSR count). The first-order valence-electron chi connectivity index (χ1n) is 4.23. The van der Waals surface area contributed by atoms with Crippen LogP contribution in [0.15, 0.2) is 24.3 Å². The van der Waals surface area contributed by atoms with Gasteiger partial charge in [0, 0.05) is 12.5 Å². The second kappa shape index (κ2) is 6.88. The van der Waals surface area contributed by atoms with Crippen LogP contribution in [0.25, 0.3) is 0 Å². The summed E-state index contributed by atoms with van der Waals surface area (Å²) in [6.07, 6.45) is 3.15. The number of carbonyl (C=O) groups is 2. The molecule has 1 N–H and O–H groups in total. The molecule has 0 fully saturated rings. The van der Waals surface area contributed by atoms with E-state index in [-0.39, 0.29) is 13.0 Å². The SMILES string of the molecule is C=CCOC(=O)/C=C(\C)CCC(=O)O. The standard InChI is InChI=1S/C10H14O4/c1-3-6-14-10(13)7-8(2)4-5-9(11)12/h3,7H,1,4-6H2,2H3,(H,11,12)/b8-7+. The fourth-order valence-corrected chi connectivity index (χ4v) is 0.760. The predicted molar refractivity (Wildman–Crippen MR) is 51.8 cm³/mol. The number of aliphatic carboxylic acids is 1. The van der Waals surface area contributed by atoms with Crippen molar-refractivity contribution in [2.45, 2.75) is 19.8 Å². The lowest BCUT2D eigenvalue weighted by molar-refractivity contribution is -0.138. The molecule has 0 amide bonds. The van der Waals surface area contributed by atoms with E-state index in [9.17, 15) is 9.59 Å². The minimum absolute atomic E-state index is 0.0249. The van der Waals surface area contributed by atoms with Crippen molar-refractivity contribution < 1.29 is 19.4 Å². The highest BCUT2D eigenvalue weighted by atomic mass is 16.5. The molecular formula is C10H14O4. The fraction of sp³-hybridized carbons (Fsp3) is 0.400. The molecule has 0 atom stereocenters. The zero-order valence-corrected chi connectivity index (χ0v) is 8.16. The van der Waals surface area contributed by atoms with E-state index in [0.29, 0.717) is 12.0 Å². The summed E-state index contributed by atoms with van der Waals surface area (Å²) in [5, 5.41) is 8.38. The molecule has 0 heterocycles. The molecule has 4 heteroatoms. The minimum atomic E-state index is -0.878. The summed E-state index contributed by atoms with van der Waals surface area (Å²) in [6, 6.07) is 0. The summed E-state index contributed by atoms with van der Waals surface area (Å²) in [7, 11) is 0. The van der Waals surface area contributed by atoms with E-state index in [0.717, 1.165) is 0 Å². The Morgan fingerprint density at radius 1 is 1.43 bits per heavy atom. The molecule has 0 bridgehead atoms. The van der Waals surface area contributed by atoms with Gasteiger partial charge in [0.2, 0.25) is 0 Å². The third-order valence-corrected chi connectivity index (χ3v) is 1.44. The van der Waals surface area contributed by atoms with Crippen LogP contribution in [0.3, 0.4) is 0 Å². The molecule has 0 aromatic carbocycles. The average Bonchev–Trinajstić information content (AvgIpc) is 2.11. The van der Waals surface area contributed by atoms with E-state index < -0.39 is 11.9 Å². The van der Waals surface area contributed by atoms with Gasteiger partial charge in [0.15, 0.2) is 0 Å². The lowest BCUT2D eigenvalue weighted by Gasteiger charge is -1.99. The smallest absolute Gasteiger partial charge is 0.331 e. The van der Waals surface area contributed by atoms with Gasteiger partial charge in [0.25, 0.3) is 0 Å². The Hall–Kier alpha value is -1.58. The topological polar surface area (TPSA) is 63.6 Å². The van der Waals surface area contributed by atoms with Gasteiger partial charge >= 0.3 is 11.9 Å². The van der Waals surface area contributed by atoms with Crippen molar-refractivity contribution in [3.8, 4) is 0 Å². The Kier molecular flexibility index (Phi) is 6.11. The molecule has 78 valence electrons. The van der Waals surface area contributed by atoms with Gasteiger partial charge in [-0.25, -0.2) is 4.79 Å². The third kappa shape index (κ3) is 7.09. The maximum absolute atomic E-state index is 11.0. The number of carbonyl (C=O) groups excluding carboxylic acids is 1. The number of carboxylic acids is 1. The van der Waals surface area contributed by atoms with Gasteiger partial charge in [-0.3, -0.25) is 4.79 Å². The molecule has 0 saturated carbocycles. The van der Waals surface area contributed by atoms with Crippen molar-refractivity contribution >= 4 is 11.9 Å². The Morgan fingerprint density at radius 3 is 2.57 bits per heavy atom. The van der Waals surface area contributed by atoms with Crippen LogP contribution in [0.4, 0.5) is 0 Å². The number of ether oxygens (including phenoxy) is 1. The van der Waals surface area contributed by atoms with E-state index in [1.54, 1.807) is 6.92 Å². The molecule has 0 saturated heterocycles. The largest absolute Gasteiger partial charge is 0.481 e. The molecule has 0 aliphatic heterocycles. The van der Waals surface area contributed by atoms with Crippen LogP contribution < -0.4 is 0 Å². The van der Waals surface area contributed by atoms with Crippen molar-refractivity contribution in [3.63, 3.8) is 0 Å². The molecule has 0 aliphatic carbocycles. The Bertz CT molecular complexity index is 253. The van der Waals surface area contributed by atoms with Crippen molar-refractivity contribution in [2.75, 3.05) is 6.61 Å². The van der Waals surface area contributed by atoms with Crippen LogP contribution in [-0.4, -0.2) is 23.7 Å². The molecular weight excluding hydrogens is 184 g/mol. The van der Waals surface area contributed by atoms with Crippen LogP contribution in [0.5, 0.6) is 0 Å². The maximum atomic E-state index is 11.0. The number of rotatable bonds is 6. The first kappa shape index (κ1) is 12.4. The van der Waals surface area contributed by atoms with Crippen LogP contribution in [0.1, 0.15) is 19.8 Å². The number of allylic oxidation sites excluding steroid dienone is 1. The molecule has 0 aliphatic rings. The van der Waals surface area contributed by atoms with Gasteiger partial charge < -0.3 is 9.84 Å². The van der Waals surface area contributed by atoms with Gasteiger partial charge in [0.1, 0.15) is 6.61 Å². The summed E-state index contributed by atoms with van der Waals surface area (Å²) in [5.74, 6) is -1.34. The Balaban J connectivity index is 3.89. The zero-order chi connectivity index (χ0) is 11.0. The zero-order valence-electron chi connectivity index (χ0n) is 8.16. The first-order valence-corrected chi connectivity index (χ1v) is 4.23. The van der Waals surface area contributed by atoms with Crippen LogP contribution >= 0.6 is 0 Å². The predicted octanol–water partition coefficient (Wildman–Crippen LogP) is 1.53. The molecule has 0 spiro atoms. The monoisotopic (exact) mass is 198 g/mol. The van der Waals surface area contributed by atoms with Gasteiger partial charge in [-0.1, -0.05) is 18.2 Å². The van der Waals surface area contributed by atoms with Crippen LogP contribution in [-0.2, 0) is 14.3 Å². The van der Waals surface area contributed by atoms with Crippen LogP contribution in [0, 0.1) is 0 Å². The molecule has 0 aromatic rings. The average molecular weight is 198 g/mol. The second-order valence-electron chi connectivity index (χ2n) is 2.80. The highest BCUT2D eigenvalue weighted by Gasteiger charge is 2.01. The van der Waals surface area contributed by atoms with Gasteiger partial charge in [-0.15, -0.1) is 0 Å². The van der Waals surface area contributed by atoms with Crippen molar-refractivity contribution in [3.05, 3.63) is 24.3 Å². The third-order valence-electron chi connectivity index (χ3n) is 1.44. The first-order chi connectivity index (χ1) is 6.56. The van der Waals surface area contributed by atoms with E-state index in [1.165, 1.54) is 12.2 Å². The highest BCUT2D eigenvalue weighted by molar-refractivity contribution is 5.82.